The maximum atomic E-state index is 5.81. The number of rotatable bonds is 5. The lowest BCUT2D eigenvalue weighted by Crippen LogP contribution is -2.41. The summed E-state index contributed by atoms with van der Waals surface area (Å²) in [5, 5.41) is 3.29. The predicted molar refractivity (Wildman–Crippen MR) is 72.7 cm³/mol. The van der Waals surface area contributed by atoms with Gasteiger partial charge in [-0.15, -0.1) is 18.2 Å². The van der Waals surface area contributed by atoms with Gasteiger partial charge in [-0.25, -0.2) is 0 Å². The van der Waals surface area contributed by atoms with Crippen LogP contribution in [0.5, 0.6) is 0 Å². The molecule has 16 heavy (non-hydrogen) atoms. The van der Waals surface area contributed by atoms with Crippen LogP contribution in [0.3, 0.4) is 0 Å². The summed E-state index contributed by atoms with van der Waals surface area (Å²) < 4.78 is 0. The van der Waals surface area contributed by atoms with Crippen LogP contribution in [-0.4, -0.2) is 30.1 Å². The quantitative estimate of drug-likeness (QED) is 0.331. The third-order valence-electron chi connectivity index (χ3n) is 2.66. The van der Waals surface area contributed by atoms with E-state index in [1.54, 1.807) is 11.8 Å². The average Bonchev–Trinajstić information content (AvgIpc) is 2.30. The molecule has 3 nitrogen and oxygen atoms in total. The van der Waals surface area contributed by atoms with E-state index in [9.17, 15) is 0 Å². The number of terminal acetylenes is 1. The van der Waals surface area contributed by atoms with E-state index in [0.717, 1.165) is 18.1 Å². The zero-order valence-electron chi connectivity index (χ0n) is 9.74. The molecule has 0 radical (unpaired) electrons. The minimum Gasteiger partial charge on any atom is -0.370 e. The second-order valence-electron chi connectivity index (χ2n) is 4.00. The van der Waals surface area contributed by atoms with Crippen molar-refractivity contribution in [1.29, 1.82) is 0 Å². The maximum absolute atomic E-state index is 5.81. The Morgan fingerprint density at radius 1 is 1.44 bits per heavy atom. The zero-order chi connectivity index (χ0) is 11.6. The SMILES string of the molecule is C#CCSCCN=C(N)NC1CCCCC1. The number of hydrogen-bond acceptors (Lipinski definition) is 2. The second-order valence-corrected chi connectivity index (χ2v) is 5.11. The Morgan fingerprint density at radius 2 is 2.19 bits per heavy atom. The Morgan fingerprint density at radius 3 is 2.88 bits per heavy atom. The molecular weight excluding hydrogens is 218 g/mol. The van der Waals surface area contributed by atoms with Gasteiger partial charge in [-0.05, 0) is 12.8 Å². The van der Waals surface area contributed by atoms with Crippen molar-refractivity contribution < 1.29 is 0 Å². The lowest BCUT2D eigenvalue weighted by Gasteiger charge is -2.23. The van der Waals surface area contributed by atoms with E-state index in [4.69, 9.17) is 12.2 Å². The summed E-state index contributed by atoms with van der Waals surface area (Å²) in [6, 6.07) is 0.538. The van der Waals surface area contributed by atoms with Gasteiger partial charge in [0.25, 0.3) is 0 Å². The van der Waals surface area contributed by atoms with Crippen LogP contribution in [0, 0.1) is 12.3 Å². The van der Waals surface area contributed by atoms with Crippen molar-refractivity contribution >= 4 is 17.7 Å². The minimum absolute atomic E-state index is 0.538. The monoisotopic (exact) mass is 239 g/mol. The summed E-state index contributed by atoms with van der Waals surface area (Å²) in [4.78, 5) is 4.28. The van der Waals surface area contributed by atoms with E-state index in [0.29, 0.717) is 12.0 Å². The first-order valence-corrected chi connectivity index (χ1v) is 7.06. The highest BCUT2D eigenvalue weighted by molar-refractivity contribution is 7.99. The topological polar surface area (TPSA) is 50.4 Å². The summed E-state index contributed by atoms with van der Waals surface area (Å²) in [7, 11) is 0. The summed E-state index contributed by atoms with van der Waals surface area (Å²) in [6.45, 7) is 0.748. The van der Waals surface area contributed by atoms with E-state index in [1.165, 1.54) is 32.1 Å². The molecule has 0 unspecified atom stereocenters. The van der Waals surface area contributed by atoms with Gasteiger partial charge in [0.15, 0.2) is 5.96 Å². The number of thioether (sulfide) groups is 1. The van der Waals surface area contributed by atoms with Crippen molar-refractivity contribution in [2.24, 2.45) is 10.7 Å². The van der Waals surface area contributed by atoms with E-state index in [2.05, 4.69) is 16.2 Å². The summed E-state index contributed by atoms with van der Waals surface area (Å²) in [6.07, 6.45) is 11.6. The molecule has 0 bridgehead atoms. The van der Waals surface area contributed by atoms with E-state index < -0.39 is 0 Å². The molecule has 1 aliphatic rings. The Kier molecular flexibility index (Phi) is 6.91. The molecule has 0 heterocycles. The average molecular weight is 239 g/mol. The normalized spacial score (nSPS) is 18.1. The molecule has 1 saturated carbocycles. The van der Waals surface area contributed by atoms with Crippen LogP contribution in [-0.2, 0) is 0 Å². The number of hydrogen-bond donors (Lipinski definition) is 2. The molecule has 1 fully saturated rings. The molecule has 1 aliphatic carbocycles. The van der Waals surface area contributed by atoms with Crippen LogP contribution in [0.15, 0.2) is 4.99 Å². The van der Waals surface area contributed by atoms with Gasteiger partial charge in [0.1, 0.15) is 0 Å². The lowest BCUT2D eigenvalue weighted by atomic mass is 9.96. The fraction of sp³-hybridized carbons (Fsp3) is 0.750. The maximum Gasteiger partial charge on any atom is 0.188 e. The Balaban J connectivity index is 2.10. The van der Waals surface area contributed by atoms with Crippen LogP contribution in [0.25, 0.3) is 0 Å². The van der Waals surface area contributed by atoms with Crippen LogP contribution >= 0.6 is 11.8 Å². The number of aliphatic imine (C=N–C) groups is 1. The minimum atomic E-state index is 0.538. The zero-order valence-corrected chi connectivity index (χ0v) is 10.6. The Hall–Kier alpha value is -0.820. The highest BCUT2D eigenvalue weighted by atomic mass is 32.2. The third-order valence-corrected chi connectivity index (χ3v) is 3.50. The van der Waals surface area contributed by atoms with Crippen LogP contribution in [0.4, 0.5) is 0 Å². The molecule has 3 N–H and O–H groups in total. The second kappa shape index (κ2) is 8.35. The molecule has 0 atom stereocenters. The molecule has 4 heteroatoms. The smallest absolute Gasteiger partial charge is 0.188 e. The van der Waals surface area contributed by atoms with Crippen molar-refractivity contribution in [3.05, 3.63) is 0 Å². The lowest BCUT2D eigenvalue weighted by molar-refractivity contribution is 0.412. The molecule has 0 amide bonds. The first-order chi connectivity index (χ1) is 7.83. The molecule has 0 saturated heterocycles. The molecule has 90 valence electrons. The fourth-order valence-electron chi connectivity index (χ4n) is 1.86. The summed E-state index contributed by atoms with van der Waals surface area (Å²) >= 11 is 1.71. The van der Waals surface area contributed by atoms with Gasteiger partial charge < -0.3 is 11.1 Å². The highest BCUT2D eigenvalue weighted by Crippen LogP contribution is 2.16. The van der Waals surface area contributed by atoms with Crippen molar-refractivity contribution in [2.45, 2.75) is 38.1 Å². The van der Waals surface area contributed by atoms with Crippen molar-refractivity contribution in [3.8, 4) is 12.3 Å². The van der Waals surface area contributed by atoms with Crippen molar-refractivity contribution in [2.75, 3.05) is 18.1 Å². The van der Waals surface area contributed by atoms with Gasteiger partial charge in [-0.1, -0.05) is 25.2 Å². The first-order valence-electron chi connectivity index (χ1n) is 5.90. The van der Waals surface area contributed by atoms with Gasteiger partial charge in [-0.2, -0.15) is 0 Å². The molecule has 0 spiro atoms. The third kappa shape index (κ3) is 5.92. The molecule has 0 aromatic rings. The van der Waals surface area contributed by atoms with Gasteiger partial charge in [0, 0.05) is 11.8 Å². The number of nitrogens with zero attached hydrogens (tertiary/aromatic N) is 1. The van der Waals surface area contributed by atoms with Gasteiger partial charge in [0.05, 0.1) is 12.3 Å². The van der Waals surface area contributed by atoms with E-state index >= 15 is 0 Å². The Bertz CT molecular complexity index is 251. The largest absolute Gasteiger partial charge is 0.370 e. The first kappa shape index (κ1) is 13.2. The van der Waals surface area contributed by atoms with Crippen molar-refractivity contribution in [1.82, 2.24) is 5.32 Å². The van der Waals surface area contributed by atoms with Crippen LogP contribution in [0.1, 0.15) is 32.1 Å². The van der Waals surface area contributed by atoms with Gasteiger partial charge >= 0.3 is 0 Å². The molecule has 0 aromatic carbocycles. The fourth-order valence-corrected chi connectivity index (χ4v) is 2.35. The van der Waals surface area contributed by atoms with E-state index in [-0.39, 0.29) is 0 Å². The predicted octanol–water partition coefficient (Wildman–Crippen LogP) is 1.59. The van der Waals surface area contributed by atoms with Gasteiger partial charge in [0.2, 0.25) is 0 Å². The van der Waals surface area contributed by atoms with Crippen molar-refractivity contribution in [3.63, 3.8) is 0 Å². The molecule has 1 rings (SSSR count). The Labute approximate surface area is 103 Å². The number of nitrogens with one attached hydrogen (secondary N) is 1. The number of guanidine groups is 1. The molecular formula is C12H21N3S. The summed E-state index contributed by atoms with van der Waals surface area (Å²) in [5.74, 6) is 4.88. The molecule has 0 aliphatic heterocycles. The summed E-state index contributed by atoms with van der Waals surface area (Å²) in [5.41, 5.74) is 5.81. The van der Waals surface area contributed by atoms with Crippen LogP contribution in [0.2, 0.25) is 0 Å². The van der Waals surface area contributed by atoms with Crippen LogP contribution < -0.4 is 11.1 Å². The standard InChI is InChI=1S/C12H21N3S/c1-2-9-16-10-8-14-12(13)15-11-6-4-3-5-7-11/h1,11H,3-10H2,(H3,13,14,15). The molecule has 0 aromatic heterocycles. The number of nitrogens with two attached hydrogens (primary N) is 1. The van der Waals surface area contributed by atoms with Gasteiger partial charge in [-0.3, -0.25) is 4.99 Å². The highest BCUT2D eigenvalue weighted by Gasteiger charge is 2.12. The van der Waals surface area contributed by atoms with E-state index in [1.807, 2.05) is 0 Å².